The molecule has 5 heterocycles. The van der Waals surface area contributed by atoms with Crippen molar-refractivity contribution in [2.24, 2.45) is 0 Å². The van der Waals surface area contributed by atoms with Crippen molar-refractivity contribution in [1.82, 2.24) is 25.2 Å². The molecule has 0 saturated carbocycles. The molecule has 8 rings (SSSR count). The molecule has 6 bridgehead atoms. The Balaban J connectivity index is 1.31. The van der Waals surface area contributed by atoms with Gasteiger partial charge in [-0.05, 0) is 54.3 Å². The Morgan fingerprint density at radius 3 is 2.45 bits per heavy atom. The molecule has 228 valence electrons. The zero-order valence-corrected chi connectivity index (χ0v) is 24.7. The number of anilines is 1. The number of rotatable bonds is 4. The van der Waals surface area contributed by atoms with E-state index in [1.807, 2.05) is 73.7 Å². The number of hydrogen-bond acceptors (Lipinski definition) is 9. The van der Waals surface area contributed by atoms with Crippen LogP contribution in [0.5, 0.6) is 11.8 Å². The lowest BCUT2D eigenvalue weighted by molar-refractivity contribution is 0.0886. The molecule has 2 amide bonds. The third kappa shape index (κ3) is 8.90. The first-order valence-corrected chi connectivity index (χ1v) is 14.7. The van der Waals surface area contributed by atoms with Gasteiger partial charge in [0.1, 0.15) is 18.2 Å². The van der Waals surface area contributed by atoms with Gasteiger partial charge in [0.2, 0.25) is 5.95 Å². The number of nitrogens with one attached hydrogen (secondary N) is 2. The molecule has 0 radical (unpaired) electrons. The molecule has 11 nitrogen and oxygen atoms in total. The summed E-state index contributed by atoms with van der Waals surface area (Å²) in [4.78, 5) is 40.9. The van der Waals surface area contributed by atoms with E-state index in [9.17, 15) is 9.59 Å². The summed E-state index contributed by atoms with van der Waals surface area (Å²) in [7, 11) is 0. The van der Waals surface area contributed by atoms with E-state index in [2.05, 4.69) is 25.6 Å². The summed E-state index contributed by atoms with van der Waals surface area (Å²) in [6, 6.07) is 24.8. The maximum absolute atomic E-state index is 13.0. The van der Waals surface area contributed by atoms with Crippen molar-refractivity contribution in [1.29, 1.82) is 0 Å². The zero-order valence-electron chi connectivity index (χ0n) is 24.7. The maximum Gasteiger partial charge on any atom is 0.410 e. The summed E-state index contributed by atoms with van der Waals surface area (Å²) in [6.07, 6.45) is 0.580. The highest BCUT2D eigenvalue weighted by Gasteiger charge is 2.16. The van der Waals surface area contributed by atoms with Gasteiger partial charge in [-0.15, -0.1) is 0 Å². The molecule has 0 unspecified atom stereocenters. The summed E-state index contributed by atoms with van der Waals surface area (Å²) in [6.45, 7) is 4.36. The zero-order chi connectivity index (χ0) is 30.6. The minimum atomic E-state index is -0.442. The van der Waals surface area contributed by atoms with Gasteiger partial charge in [0.15, 0.2) is 0 Å². The smallest absolute Gasteiger partial charge is 0.410 e. The fourth-order valence-corrected chi connectivity index (χ4v) is 4.55. The molecule has 0 aliphatic carbocycles. The van der Waals surface area contributed by atoms with Crippen LogP contribution in [-0.4, -0.2) is 64.7 Å². The van der Waals surface area contributed by atoms with E-state index in [0.717, 1.165) is 22.4 Å². The first-order valence-electron chi connectivity index (χ1n) is 14.7. The van der Waals surface area contributed by atoms with Gasteiger partial charge in [0.05, 0.1) is 13.2 Å². The van der Waals surface area contributed by atoms with Crippen molar-refractivity contribution >= 4 is 17.9 Å². The summed E-state index contributed by atoms with van der Waals surface area (Å²) in [5, 5.41) is 6.16. The average Bonchev–Trinajstić information content (AvgIpc) is 3.05. The standard InChI is InChI=1S/C33H36N6O5/c1-2-42-32-37-29-21-24-9-13-27(14-10-24)30(40)34-17-19-39(33(41)44-23-26-7-4-3-5-8-26)18-6-20-43-28-15-11-25(12-16-28)22-35-31(36-29)38-32/h3-5,7-16H,2,6,17-23H2,1H3,(H,34,40)(H,35,36,37,38). The first-order chi connectivity index (χ1) is 21.6. The van der Waals surface area contributed by atoms with Crippen LogP contribution in [-0.2, 0) is 24.3 Å². The summed E-state index contributed by atoms with van der Waals surface area (Å²) < 4.78 is 17.1. The average molecular weight is 597 g/mol. The first kappa shape index (κ1) is 30.3. The second kappa shape index (κ2) is 15.3. The summed E-state index contributed by atoms with van der Waals surface area (Å²) in [5.74, 6) is 1.46. The normalized spacial score (nSPS) is 14.2. The molecule has 0 saturated heterocycles. The quantitative estimate of drug-likeness (QED) is 0.347. The Hall–Kier alpha value is -5.19. The SMILES string of the molecule is CCOc1nc2nc(n1)NCc1ccc(cc1)OCCCN(C(=O)OCc1ccccc1)CCNC(=O)c1ccc(cc1)C2. The number of hydrogen-bond donors (Lipinski definition) is 2. The maximum atomic E-state index is 13.0. The van der Waals surface area contributed by atoms with Gasteiger partial charge in [-0.1, -0.05) is 54.6 Å². The minimum absolute atomic E-state index is 0.171. The van der Waals surface area contributed by atoms with Crippen molar-refractivity contribution in [2.75, 3.05) is 38.2 Å². The number of benzene rings is 3. The Kier molecular flexibility index (Phi) is 10.5. The van der Waals surface area contributed by atoms with Crippen molar-refractivity contribution < 1.29 is 23.8 Å². The minimum Gasteiger partial charge on any atom is -0.494 e. The Labute approximate surface area is 256 Å². The summed E-state index contributed by atoms with van der Waals surface area (Å²) >= 11 is 0. The number of nitrogens with zero attached hydrogens (tertiary/aromatic N) is 4. The molecule has 44 heavy (non-hydrogen) atoms. The lowest BCUT2D eigenvalue weighted by Crippen LogP contribution is -2.39. The van der Waals surface area contributed by atoms with Crippen LogP contribution in [0.25, 0.3) is 0 Å². The second-order valence-electron chi connectivity index (χ2n) is 10.1. The molecule has 0 fully saturated rings. The number of ether oxygens (including phenoxy) is 3. The molecule has 2 N–H and O–H groups in total. The second-order valence-corrected chi connectivity index (χ2v) is 10.1. The van der Waals surface area contributed by atoms with E-state index in [-0.39, 0.29) is 25.1 Å². The van der Waals surface area contributed by atoms with E-state index < -0.39 is 6.09 Å². The Bertz CT molecular complexity index is 1520. The molecule has 4 aliphatic rings. The molecular weight excluding hydrogens is 560 g/mol. The fraction of sp³-hybridized carbons (Fsp3) is 0.303. The van der Waals surface area contributed by atoms with Crippen molar-refractivity contribution in [3.8, 4) is 11.8 Å². The molecular formula is C33H36N6O5. The van der Waals surface area contributed by atoms with Crippen LogP contribution in [0, 0.1) is 0 Å². The summed E-state index contributed by atoms with van der Waals surface area (Å²) in [5.41, 5.74) is 3.37. The van der Waals surface area contributed by atoms with E-state index in [1.54, 1.807) is 17.0 Å². The number of carbonyl (C=O) groups is 2. The van der Waals surface area contributed by atoms with Crippen LogP contribution in [0.3, 0.4) is 0 Å². The molecule has 4 aliphatic heterocycles. The molecule has 1 aromatic heterocycles. The van der Waals surface area contributed by atoms with E-state index in [0.29, 0.717) is 63.0 Å². The monoisotopic (exact) mass is 596 g/mol. The highest BCUT2D eigenvalue weighted by Crippen LogP contribution is 2.16. The predicted octanol–water partition coefficient (Wildman–Crippen LogP) is 4.62. The largest absolute Gasteiger partial charge is 0.494 e. The van der Waals surface area contributed by atoms with E-state index in [1.165, 1.54) is 0 Å². The molecule has 11 heteroatoms. The lowest BCUT2D eigenvalue weighted by Gasteiger charge is -2.22. The number of carbonyl (C=O) groups excluding carboxylic acids is 2. The van der Waals surface area contributed by atoms with Crippen LogP contribution >= 0.6 is 0 Å². The van der Waals surface area contributed by atoms with Crippen LogP contribution in [0.2, 0.25) is 0 Å². The van der Waals surface area contributed by atoms with E-state index >= 15 is 0 Å². The highest BCUT2D eigenvalue weighted by molar-refractivity contribution is 5.94. The van der Waals surface area contributed by atoms with Gasteiger partial charge in [-0.2, -0.15) is 15.0 Å². The molecule has 0 spiro atoms. The van der Waals surface area contributed by atoms with Crippen LogP contribution in [0.1, 0.15) is 46.2 Å². The lowest BCUT2D eigenvalue weighted by atomic mass is 10.1. The van der Waals surface area contributed by atoms with Crippen molar-refractivity contribution in [2.45, 2.75) is 32.9 Å². The van der Waals surface area contributed by atoms with Gasteiger partial charge in [-0.3, -0.25) is 4.79 Å². The van der Waals surface area contributed by atoms with E-state index in [4.69, 9.17) is 14.2 Å². The predicted molar refractivity (Wildman–Crippen MR) is 165 cm³/mol. The van der Waals surface area contributed by atoms with Gasteiger partial charge < -0.3 is 29.7 Å². The fourth-order valence-electron chi connectivity index (χ4n) is 4.55. The number of aromatic nitrogens is 3. The Morgan fingerprint density at radius 2 is 1.68 bits per heavy atom. The third-order valence-corrected chi connectivity index (χ3v) is 6.86. The Morgan fingerprint density at radius 1 is 0.909 bits per heavy atom. The van der Waals surface area contributed by atoms with Gasteiger partial charge >= 0.3 is 12.1 Å². The van der Waals surface area contributed by atoms with Crippen LogP contribution in [0.4, 0.5) is 10.7 Å². The topological polar surface area (TPSA) is 128 Å². The number of amides is 2. The van der Waals surface area contributed by atoms with Gasteiger partial charge in [0, 0.05) is 38.2 Å². The highest BCUT2D eigenvalue weighted by atomic mass is 16.6. The van der Waals surface area contributed by atoms with Crippen molar-refractivity contribution in [3.63, 3.8) is 0 Å². The molecule has 0 atom stereocenters. The third-order valence-electron chi connectivity index (χ3n) is 6.86. The van der Waals surface area contributed by atoms with Gasteiger partial charge in [-0.25, -0.2) is 4.79 Å². The van der Waals surface area contributed by atoms with Crippen molar-refractivity contribution in [3.05, 3.63) is 107 Å². The van der Waals surface area contributed by atoms with Gasteiger partial charge in [0.25, 0.3) is 5.91 Å². The molecule has 3 aromatic carbocycles. The van der Waals surface area contributed by atoms with Crippen LogP contribution < -0.4 is 20.1 Å². The van der Waals surface area contributed by atoms with Crippen LogP contribution in [0.15, 0.2) is 78.9 Å². The molecule has 4 aromatic rings.